The third kappa shape index (κ3) is 3.00. The fourth-order valence-electron chi connectivity index (χ4n) is 2.30. The van der Waals surface area contributed by atoms with E-state index in [2.05, 4.69) is 31.7 Å². The van der Waals surface area contributed by atoms with E-state index in [0.29, 0.717) is 12.0 Å². The molecule has 0 spiro atoms. The molecule has 0 amide bonds. The maximum absolute atomic E-state index is 5.80. The van der Waals surface area contributed by atoms with Crippen molar-refractivity contribution in [1.82, 2.24) is 19.9 Å². The number of anilines is 2. The minimum absolute atomic E-state index is 0.148. The van der Waals surface area contributed by atoms with Gasteiger partial charge < -0.3 is 15.5 Å². The molecule has 0 bridgehead atoms. The van der Waals surface area contributed by atoms with E-state index in [1.807, 2.05) is 7.05 Å². The standard InChI is InChI=1S/C11H19ClN6/c1-3-18-6-4-8(5-7-18)17(2)11-15-9(12)14-10(13)16-11/h8H,3-7H2,1-2H3,(H2,13,14,15,16). The van der Waals surface area contributed by atoms with Crippen LogP contribution in [0.4, 0.5) is 11.9 Å². The van der Waals surface area contributed by atoms with Crippen molar-refractivity contribution in [2.24, 2.45) is 0 Å². The van der Waals surface area contributed by atoms with Crippen molar-refractivity contribution < 1.29 is 0 Å². The van der Waals surface area contributed by atoms with E-state index in [0.717, 1.165) is 32.5 Å². The smallest absolute Gasteiger partial charge is 0.231 e. The van der Waals surface area contributed by atoms with Gasteiger partial charge in [-0.1, -0.05) is 6.92 Å². The number of rotatable bonds is 3. The molecule has 0 aromatic carbocycles. The van der Waals surface area contributed by atoms with Crippen molar-refractivity contribution in [2.45, 2.75) is 25.8 Å². The number of hydrogen-bond donors (Lipinski definition) is 1. The molecule has 2 N–H and O–H groups in total. The first-order valence-electron chi connectivity index (χ1n) is 6.22. The highest BCUT2D eigenvalue weighted by Gasteiger charge is 2.23. The summed E-state index contributed by atoms with van der Waals surface area (Å²) in [6.45, 7) is 5.52. The monoisotopic (exact) mass is 270 g/mol. The Labute approximate surface area is 112 Å². The van der Waals surface area contributed by atoms with E-state index in [9.17, 15) is 0 Å². The van der Waals surface area contributed by atoms with Gasteiger partial charge in [-0.25, -0.2) is 0 Å². The number of halogens is 1. The Morgan fingerprint density at radius 2 is 2.00 bits per heavy atom. The number of nitrogens with two attached hydrogens (primary N) is 1. The first-order valence-corrected chi connectivity index (χ1v) is 6.60. The van der Waals surface area contributed by atoms with Crippen LogP contribution in [0.3, 0.4) is 0 Å². The highest BCUT2D eigenvalue weighted by atomic mass is 35.5. The second-order valence-corrected chi connectivity index (χ2v) is 4.88. The quantitative estimate of drug-likeness (QED) is 0.885. The van der Waals surface area contributed by atoms with E-state index < -0.39 is 0 Å². The Morgan fingerprint density at radius 3 is 2.56 bits per heavy atom. The van der Waals surface area contributed by atoms with Crippen molar-refractivity contribution in [3.05, 3.63) is 5.28 Å². The normalized spacial score (nSPS) is 17.9. The van der Waals surface area contributed by atoms with Crippen LogP contribution < -0.4 is 10.6 Å². The Morgan fingerprint density at radius 1 is 1.33 bits per heavy atom. The number of hydrogen-bond acceptors (Lipinski definition) is 6. The van der Waals surface area contributed by atoms with Crippen LogP contribution in [0.25, 0.3) is 0 Å². The fraction of sp³-hybridized carbons (Fsp3) is 0.727. The number of aromatic nitrogens is 3. The van der Waals surface area contributed by atoms with Crippen molar-refractivity contribution >= 4 is 23.5 Å². The van der Waals surface area contributed by atoms with Crippen molar-refractivity contribution in [3.8, 4) is 0 Å². The van der Waals surface area contributed by atoms with E-state index in [1.54, 1.807) is 0 Å². The van der Waals surface area contributed by atoms with Gasteiger partial charge in [-0.15, -0.1) is 0 Å². The molecule has 2 heterocycles. The zero-order chi connectivity index (χ0) is 13.1. The SMILES string of the molecule is CCN1CCC(N(C)c2nc(N)nc(Cl)n2)CC1. The number of nitrogens with zero attached hydrogens (tertiary/aromatic N) is 5. The zero-order valence-corrected chi connectivity index (χ0v) is 11.6. The molecule has 7 heteroatoms. The average molecular weight is 271 g/mol. The highest BCUT2D eigenvalue weighted by Crippen LogP contribution is 2.20. The van der Waals surface area contributed by atoms with Crippen LogP contribution >= 0.6 is 11.6 Å². The van der Waals surface area contributed by atoms with Gasteiger partial charge >= 0.3 is 0 Å². The molecule has 2 rings (SSSR count). The largest absolute Gasteiger partial charge is 0.368 e. The molecule has 1 aromatic rings. The van der Waals surface area contributed by atoms with E-state index in [-0.39, 0.29) is 11.2 Å². The maximum atomic E-state index is 5.80. The van der Waals surface area contributed by atoms with Gasteiger partial charge in [0.15, 0.2) is 0 Å². The molecule has 1 fully saturated rings. The molecule has 1 aromatic heterocycles. The topological polar surface area (TPSA) is 71.2 Å². The van der Waals surface area contributed by atoms with Gasteiger partial charge in [0.05, 0.1) is 0 Å². The summed E-state index contributed by atoms with van der Waals surface area (Å²) < 4.78 is 0. The lowest BCUT2D eigenvalue weighted by Gasteiger charge is -2.36. The predicted molar refractivity (Wildman–Crippen MR) is 72.8 cm³/mol. The van der Waals surface area contributed by atoms with Gasteiger partial charge in [-0.3, -0.25) is 0 Å². The summed E-state index contributed by atoms with van der Waals surface area (Å²) in [6, 6.07) is 0.436. The molecule has 0 saturated carbocycles. The minimum Gasteiger partial charge on any atom is -0.368 e. The average Bonchev–Trinajstić information content (AvgIpc) is 2.37. The van der Waals surface area contributed by atoms with Gasteiger partial charge in [0.1, 0.15) is 0 Å². The molecule has 0 unspecified atom stereocenters. The lowest BCUT2D eigenvalue weighted by atomic mass is 10.0. The second-order valence-electron chi connectivity index (χ2n) is 4.54. The van der Waals surface area contributed by atoms with E-state index in [4.69, 9.17) is 17.3 Å². The molecule has 1 saturated heterocycles. The summed E-state index contributed by atoms with van der Waals surface area (Å²) >= 11 is 5.80. The molecule has 100 valence electrons. The van der Waals surface area contributed by atoms with Crippen LogP contribution in [0.5, 0.6) is 0 Å². The molecular weight excluding hydrogens is 252 g/mol. The van der Waals surface area contributed by atoms with Gasteiger partial charge in [-0.05, 0) is 31.0 Å². The molecule has 18 heavy (non-hydrogen) atoms. The van der Waals surface area contributed by atoms with Crippen LogP contribution in [-0.2, 0) is 0 Å². The Balaban J connectivity index is 2.05. The summed E-state index contributed by atoms with van der Waals surface area (Å²) in [4.78, 5) is 16.5. The summed E-state index contributed by atoms with van der Waals surface area (Å²) in [7, 11) is 1.98. The lowest BCUT2D eigenvalue weighted by Crippen LogP contribution is -2.43. The summed E-state index contributed by atoms with van der Waals surface area (Å²) in [5, 5.41) is 0.148. The van der Waals surface area contributed by atoms with Gasteiger partial charge in [0, 0.05) is 26.2 Å². The van der Waals surface area contributed by atoms with Gasteiger partial charge in [0.25, 0.3) is 0 Å². The third-order valence-corrected chi connectivity index (χ3v) is 3.65. The summed E-state index contributed by atoms with van der Waals surface area (Å²) in [5.41, 5.74) is 5.59. The van der Waals surface area contributed by atoms with Crippen LogP contribution in [0.2, 0.25) is 5.28 Å². The molecular formula is C11H19ClN6. The number of likely N-dealkylation sites (tertiary alicyclic amines) is 1. The van der Waals surface area contributed by atoms with E-state index >= 15 is 0 Å². The van der Waals surface area contributed by atoms with Gasteiger partial charge in [-0.2, -0.15) is 15.0 Å². The Kier molecular flexibility index (Phi) is 4.19. The summed E-state index contributed by atoms with van der Waals surface area (Å²) in [6.07, 6.45) is 2.21. The zero-order valence-electron chi connectivity index (χ0n) is 10.8. The van der Waals surface area contributed by atoms with Crippen molar-refractivity contribution in [3.63, 3.8) is 0 Å². The summed E-state index contributed by atoms with van der Waals surface area (Å²) in [5.74, 6) is 0.727. The number of nitrogen functional groups attached to an aromatic ring is 1. The molecule has 0 radical (unpaired) electrons. The highest BCUT2D eigenvalue weighted by molar-refractivity contribution is 6.28. The molecule has 0 atom stereocenters. The minimum atomic E-state index is 0.148. The van der Waals surface area contributed by atoms with Crippen LogP contribution in [0.15, 0.2) is 0 Å². The third-order valence-electron chi connectivity index (χ3n) is 3.48. The second kappa shape index (κ2) is 5.67. The van der Waals surface area contributed by atoms with Crippen LogP contribution in [0, 0.1) is 0 Å². The van der Waals surface area contributed by atoms with Crippen molar-refractivity contribution in [2.75, 3.05) is 37.3 Å². The number of piperidine rings is 1. The lowest BCUT2D eigenvalue weighted by molar-refractivity contribution is 0.220. The predicted octanol–water partition coefficient (Wildman–Crippen LogP) is 1.03. The fourth-order valence-corrected chi connectivity index (χ4v) is 2.46. The Hall–Kier alpha value is -1.14. The first-order chi connectivity index (χ1) is 8.60. The molecule has 1 aliphatic heterocycles. The van der Waals surface area contributed by atoms with Gasteiger partial charge in [0.2, 0.25) is 17.2 Å². The molecule has 6 nitrogen and oxygen atoms in total. The van der Waals surface area contributed by atoms with Crippen LogP contribution in [0.1, 0.15) is 19.8 Å². The molecule has 0 aliphatic carbocycles. The maximum Gasteiger partial charge on any atom is 0.231 e. The Bertz CT molecular complexity index is 384. The van der Waals surface area contributed by atoms with Crippen LogP contribution in [-0.4, -0.2) is 52.6 Å². The first kappa shape index (κ1) is 13.3. The van der Waals surface area contributed by atoms with Crippen molar-refractivity contribution in [1.29, 1.82) is 0 Å². The van der Waals surface area contributed by atoms with E-state index in [1.165, 1.54) is 0 Å². The molecule has 1 aliphatic rings.